The number of nitriles is 1. The molecule has 0 saturated carbocycles. The number of benzene rings is 2. The van der Waals surface area contributed by atoms with Crippen molar-refractivity contribution in [3.05, 3.63) is 64.2 Å². The van der Waals surface area contributed by atoms with Crippen LogP contribution in [0.4, 0.5) is 0 Å². The van der Waals surface area contributed by atoms with Gasteiger partial charge in [0.25, 0.3) is 0 Å². The first-order chi connectivity index (χ1) is 9.92. The van der Waals surface area contributed by atoms with Crippen LogP contribution >= 0.6 is 11.6 Å². The minimum Gasteiger partial charge on any atom is -0.207 e. The third-order valence-corrected chi connectivity index (χ3v) is 4.74. The Morgan fingerprint density at radius 1 is 1.19 bits per heavy atom. The van der Waals surface area contributed by atoms with Gasteiger partial charge in [0.1, 0.15) is 0 Å². The minimum absolute atomic E-state index is 0.0702. The Morgan fingerprint density at radius 2 is 1.86 bits per heavy atom. The zero-order valence-electron chi connectivity index (χ0n) is 11.3. The van der Waals surface area contributed by atoms with Crippen LogP contribution in [-0.4, -0.2) is 8.42 Å². The van der Waals surface area contributed by atoms with Gasteiger partial charge in [-0.2, -0.15) is 5.26 Å². The van der Waals surface area contributed by atoms with Crippen LogP contribution in [0.2, 0.25) is 5.02 Å². The van der Waals surface area contributed by atoms with Gasteiger partial charge in [-0.1, -0.05) is 35.4 Å². The molecule has 6 heteroatoms. The second-order valence-electron chi connectivity index (χ2n) is 4.56. The normalized spacial score (nSPS) is 11.1. The largest absolute Gasteiger partial charge is 0.240 e. The van der Waals surface area contributed by atoms with Crippen LogP contribution in [-0.2, 0) is 16.6 Å². The van der Waals surface area contributed by atoms with Gasteiger partial charge in [0.2, 0.25) is 10.0 Å². The fraction of sp³-hybridized carbons (Fsp3) is 0.133. The molecule has 2 rings (SSSR count). The summed E-state index contributed by atoms with van der Waals surface area (Å²) in [4.78, 5) is 0.206. The molecule has 0 aliphatic carbocycles. The summed E-state index contributed by atoms with van der Waals surface area (Å²) >= 11 is 6.02. The third kappa shape index (κ3) is 3.82. The van der Waals surface area contributed by atoms with Crippen LogP contribution in [0.5, 0.6) is 0 Å². The average molecular weight is 321 g/mol. The van der Waals surface area contributed by atoms with Crippen LogP contribution in [0.25, 0.3) is 0 Å². The molecule has 0 unspecified atom stereocenters. The first-order valence-electron chi connectivity index (χ1n) is 6.17. The lowest BCUT2D eigenvalue weighted by atomic mass is 10.1. The van der Waals surface area contributed by atoms with Crippen molar-refractivity contribution in [2.45, 2.75) is 18.4 Å². The molecule has 1 N–H and O–H groups in total. The smallest absolute Gasteiger partial charge is 0.207 e. The number of nitrogens with zero attached hydrogens (tertiary/aromatic N) is 1. The maximum atomic E-state index is 12.1. The molecule has 0 amide bonds. The van der Waals surface area contributed by atoms with Crippen molar-refractivity contribution >= 4 is 21.6 Å². The van der Waals surface area contributed by atoms with E-state index in [1.807, 2.05) is 13.0 Å². The van der Waals surface area contributed by atoms with Crippen LogP contribution in [0, 0.1) is 18.3 Å². The van der Waals surface area contributed by atoms with Crippen LogP contribution in [0.1, 0.15) is 16.7 Å². The molecule has 0 atom stereocenters. The molecule has 2 aromatic carbocycles. The Kier molecular flexibility index (Phi) is 4.63. The van der Waals surface area contributed by atoms with Crippen molar-refractivity contribution in [3.63, 3.8) is 0 Å². The van der Waals surface area contributed by atoms with Gasteiger partial charge in [-0.3, -0.25) is 0 Å². The molecule has 0 fully saturated rings. The summed E-state index contributed by atoms with van der Waals surface area (Å²) in [7, 11) is -3.58. The third-order valence-electron chi connectivity index (χ3n) is 2.97. The van der Waals surface area contributed by atoms with Crippen molar-refractivity contribution in [3.8, 4) is 6.07 Å². The van der Waals surface area contributed by atoms with E-state index in [9.17, 15) is 8.42 Å². The van der Waals surface area contributed by atoms with Gasteiger partial charge in [0.15, 0.2) is 0 Å². The van der Waals surface area contributed by atoms with Gasteiger partial charge >= 0.3 is 0 Å². The topological polar surface area (TPSA) is 70.0 Å². The van der Waals surface area contributed by atoms with Crippen molar-refractivity contribution in [2.24, 2.45) is 0 Å². The minimum atomic E-state index is -3.58. The van der Waals surface area contributed by atoms with E-state index in [1.54, 1.807) is 36.4 Å². The maximum Gasteiger partial charge on any atom is 0.240 e. The van der Waals surface area contributed by atoms with Crippen molar-refractivity contribution in [2.75, 3.05) is 0 Å². The zero-order valence-corrected chi connectivity index (χ0v) is 12.9. The quantitative estimate of drug-likeness (QED) is 0.941. The molecular weight excluding hydrogens is 308 g/mol. The molecule has 0 saturated heterocycles. The first-order valence-corrected chi connectivity index (χ1v) is 8.03. The Bertz CT molecular complexity index is 793. The fourth-order valence-corrected chi connectivity index (χ4v) is 2.99. The molecular formula is C15H13ClN2O2S. The highest BCUT2D eigenvalue weighted by atomic mass is 35.5. The van der Waals surface area contributed by atoms with Gasteiger partial charge in [-0.25, -0.2) is 13.1 Å². The number of hydrogen-bond acceptors (Lipinski definition) is 3. The van der Waals surface area contributed by atoms with E-state index in [1.165, 1.54) is 6.07 Å². The molecule has 21 heavy (non-hydrogen) atoms. The van der Waals surface area contributed by atoms with E-state index in [0.717, 1.165) is 5.56 Å². The predicted molar refractivity (Wildman–Crippen MR) is 81.4 cm³/mol. The standard InChI is InChI=1S/C15H13ClN2O2S/c1-11-2-6-14(7-3-11)21(19,20)18-10-13-5-4-12(9-17)8-15(13)16/h2-8,18H,10H2,1H3. The Labute approximate surface area is 129 Å². The van der Waals surface area contributed by atoms with E-state index >= 15 is 0 Å². The number of halogens is 1. The van der Waals surface area contributed by atoms with Crippen molar-refractivity contribution in [1.29, 1.82) is 5.26 Å². The SMILES string of the molecule is Cc1ccc(S(=O)(=O)NCc2ccc(C#N)cc2Cl)cc1. The Balaban J connectivity index is 2.15. The summed E-state index contributed by atoms with van der Waals surface area (Å²) in [6.45, 7) is 1.96. The predicted octanol–water partition coefficient (Wildman–Crippen LogP) is 3.00. The number of nitrogens with one attached hydrogen (secondary N) is 1. The summed E-state index contributed by atoms with van der Waals surface area (Å²) in [6, 6.07) is 13.3. The summed E-state index contributed by atoms with van der Waals surface area (Å²) in [5.74, 6) is 0. The Morgan fingerprint density at radius 3 is 2.43 bits per heavy atom. The first kappa shape index (κ1) is 15.5. The Hall–Kier alpha value is -1.87. The molecule has 0 bridgehead atoms. The number of aryl methyl sites for hydroxylation is 1. The van der Waals surface area contributed by atoms with E-state index in [0.29, 0.717) is 16.1 Å². The molecule has 0 aromatic heterocycles. The lowest BCUT2D eigenvalue weighted by Crippen LogP contribution is -2.23. The van der Waals surface area contributed by atoms with Crippen molar-refractivity contribution < 1.29 is 8.42 Å². The van der Waals surface area contributed by atoms with E-state index in [-0.39, 0.29) is 11.4 Å². The van der Waals surface area contributed by atoms with Crippen LogP contribution in [0.3, 0.4) is 0 Å². The molecule has 2 aromatic rings. The summed E-state index contributed by atoms with van der Waals surface area (Å²) in [6.07, 6.45) is 0. The highest BCUT2D eigenvalue weighted by molar-refractivity contribution is 7.89. The van der Waals surface area contributed by atoms with Crippen LogP contribution < -0.4 is 4.72 Å². The number of rotatable bonds is 4. The summed E-state index contributed by atoms with van der Waals surface area (Å²) < 4.78 is 26.8. The van der Waals surface area contributed by atoms with Gasteiger partial charge in [-0.15, -0.1) is 0 Å². The van der Waals surface area contributed by atoms with Crippen LogP contribution in [0.15, 0.2) is 47.4 Å². The van der Waals surface area contributed by atoms with Gasteiger partial charge < -0.3 is 0 Å². The number of hydrogen-bond donors (Lipinski definition) is 1. The molecule has 108 valence electrons. The molecule has 4 nitrogen and oxygen atoms in total. The van der Waals surface area contributed by atoms with Crippen molar-refractivity contribution in [1.82, 2.24) is 4.72 Å². The summed E-state index contributed by atoms with van der Waals surface area (Å²) in [5.41, 5.74) is 2.04. The molecule has 0 aliphatic rings. The summed E-state index contributed by atoms with van der Waals surface area (Å²) in [5, 5.41) is 9.12. The average Bonchev–Trinajstić information content (AvgIpc) is 2.46. The lowest BCUT2D eigenvalue weighted by molar-refractivity contribution is 0.581. The van der Waals surface area contributed by atoms with E-state index in [4.69, 9.17) is 16.9 Å². The second-order valence-corrected chi connectivity index (χ2v) is 6.73. The van der Waals surface area contributed by atoms with Gasteiger partial charge in [0.05, 0.1) is 16.5 Å². The maximum absolute atomic E-state index is 12.1. The highest BCUT2D eigenvalue weighted by Gasteiger charge is 2.14. The number of sulfonamides is 1. The monoisotopic (exact) mass is 320 g/mol. The van der Waals surface area contributed by atoms with Gasteiger partial charge in [0, 0.05) is 11.6 Å². The second kappa shape index (κ2) is 6.27. The zero-order chi connectivity index (χ0) is 15.5. The molecule has 0 radical (unpaired) electrons. The highest BCUT2D eigenvalue weighted by Crippen LogP contribution is 2.18. The lowest BCUT2D eigenvalue weighted by Gasteiger charge is -2.08. The molecule has 0 spiro atoms. The van der Waals surface area contributed by atoms with Gasteiger partial charge in [-0.05, 0) is 36.8 Å². The molecule has 0 aliphatic heterocycles. The van der Waals surface area contributed by atoms with E-state index < -0.39 is 10.0 Å². The molecule has 0 heterocycles. The van der Waals surface area contributed by atoms with E-state index in [2.05, 4.69) is 4.72 Å². The fourth-order valence-electron chi connectivity index (χ4n) is 1.73.